The molecule has 0 bridgehead atoms. The van der Waals surface area contributed by atoms with E-state index in [4.69, 9.17) is 16.3 Å². The smallest absolute Gasteiger partial charge is 0.324 e. The molecule has 1 heterocycles. The summed E-state index contributed by atoms with van der Waals surface area (Å²) in [5, 5.41) is 0.382. The van der Waals surface area contributed by atoms with Gasteiger partial charge in [0.05, 0.1) is 11.5 Å². The van der Waals surface area contributed by atoms with E-state index in [1.807, 2.05) is 0 Å². The van der Waals surface area contributed by atoms with Gasteiger partial charge in [-0.2, -0.15) is 4.31 Å². The van der Waals surface area contributed by atoms with Crippen molar-refractivity contribution >= 4 is 27.6 Å². The van der Waals surface area contributed by atoms with Crippen LogP contribution >= 0.6 is 11.6 Å². The van der Waals surface area contributed by atoms with E-state index in [1.165, 1.54) is 30.3 Å². The lowest BCUT2D eigenvalue weighted by Gasteiger charge is -2.39. The zero-order valence-corrected chi connectivity index (χ0v) is 17.4. The molecule has 0 saturated carbocycles. The van der Waals surface area contributed by atoms with E-state index in [9.17, 15) is 22.0 Å². The fourth-order valence-electron chi connectivity index (χ4n) is 3.84. The van der Waals surface area contributed by atoms with Crippen LogP contribution in [0.15, 0.2) is 53.0 Å². The lowest BCUT2D eigenvalue weighted by atomic mass is 9.80. The molecule has 0 radical (unpaired) electrons. The fourth-order valence-corrected chi connectivity index (χ4v) is 5.64. The molecule has 1 aliphatic heterocycles. The Labute approximate surface area is 174 Å². The molecule has 2 aliphatic rings. The Morgan fingerprint density at radius 1 is 1.24 bits per heavy atom. The molecule has 1 aromatic carbocycles. The number of esters is 1. The molecule has 1 saturated heterocycles. The number of hydrogen-bond donors (Lipinski definition) is 0. The maximum Gasteiger partial charge on any atom is 0.324 e. The number of piperidine rings is 1. The van der Waals surface area contributed by atoms with Crippen LogP contribution in [0.3, 0.4) is 0 Å². The molecule has 29 heavy (non-hydrogen) atoms. The zero-order chi connectivity index (χ0) is 21.2. The third-order valence-electron chi connectivity index (χ3n) is 5.26. The second-order valence-electron chi connectivity index (χ2n) is 7.14. The molecule has 0 aromatic heterocycles. The van der Waals surface area contributed by atoms with E-state index in [0.29, 0.717) is 11.4 Å². The minimum atomic E-state index is -4.04. The predicted octanol–water partition coefficient (Wildman–Crippen LogP) is 4.40. The number of halogens is 3. The summed E-state index contributed by atoms with van der Waals surface area (Å²) in [4.78, 5) is 12.4. The van der Waals surface area contributed by atoms with Crippen molar-refractivity contribution < 1.29 is 26.7 Å². The first-order valence-electron chi connectivity index (χ1n) is 9.39. The minimum Gasteiger partial charge on any atom is -0.465 e. The van der Waals surface area contributed by atoms with E-state index in [0.717, 1.165) is 10.4 Å². The van der Waals surface area contributed by atoms with E-state index in [2.05, 4.69) is 0 Å². The molecule has 0 amide bonds. The Bertz CT molecular complexity index is 930. The Kier molecular flexibility index (Phi) is 6.76. The van der Waals surface area contributed by atoms with Crippen LogP contribution in [0.25, 0.3) is 0 Å². The van der Waals surface area contributed by atoms with Gasteiger partial charge in [-0.05, 0) is 61.9 Å². The molecule has 9 heteroatoms. The summed E-state index contributed by atoms with van der Waals surface area (Å²) >= 11 is 5.85. The highest BCUT2D eigenvalue weighted by atomic mass is 35.5. The van der Waals surface area contributed by atoms with Gasteiger partial charge < -0.3 is 4.74 Å². The number of nitrogens with zero attached hydrogens (tertiary/aromatic N) is 1. The van der Waals surface area contributed by atoms with E-state index < -0.39 is 39.6 Å². The largest absolute Gasteiger partial charge is 0.465 e. The van der Waals surface area contributed by atoms with Crippen molar-refractivity contribution in [3.05, 3.63) is 53.1 Å². The predicted molar refractivity (Wildman–Crippen MR) is 105 cm³/mol. The molecule has 3 rings (SSSR count). The summed E-state index contributed by atoms with van der Waals surface area (Å²) in [6, 6.07) is 4.66. The van der Waals surface area contributed by atoms with Crippen molar-refractivity contribution in [2.45, 2.75) is 37.1 Å². The lowest BCUT2D eigenvalue weighted by Crippen LogP contribution is -2.52. The molecular formula is C20H22ClF2NO4S. The van der Waals surface area contributed by atoms with E-state index in [-0.39, 0.29) is 36.8 Å². The van der Waals surface area contributed by atoms with Gasteiger partial charge >= 0.3 is 5.97 Å². The third-order valence-corrected chi connectivity index (χ3v) is 7.40. The second kappa shape index (κ2) is 8.93. The van der Waals surface area contributed by atoms with Gasteiger partial charge in [-0.15, -0.1) is 0 Å². The molecule has 3 atom stereocenters. The zero-order valence-electron chi connectivity index (χ0n) is 15.9. The van der Waals surface area contributed by atoms with Gasteiger partial charge in [0.1, 0.15) is 17.7 Å². The quantitative estimate of drug-likeness (QED) is 0.630. The molecule has 5 nitrogen and oxygen atoms in total. The average molecular weight is 446 g/mol. The summed E-state index contributed by atoms with van der Waals surface area (Å²) in [7, 11) is -4.04. The maximum atomic E-state index is 13.7. The molecule has 0 spiro atoms. The molecular weight excluding hydrogens is 424 g/mol. The monoisotopic (exact) mass is 445 g/mol. The van der Waals surface area contributed by atoms with Gasteiger partial charge in [0.15, 0.2) is 0 Å². The van der Waals surface area contributed by atoms with E-state index in [1.54, 1.807) is 6.92 Å². The molecule has 0 N–H and O–H groups in total. The van der Waals surface area contributed by atoms with Crippen molar-refractivity contribution in [3.8, 4) is 0 Å². The van der Waals surface area contributed by atoms with Crippen LogP contribution in [-0.2, 0) is 19.6 Å². The van der Waals surface area contributed by atoms with Crippen molar-refractivity contribution in [1.29, 1.82) is 0 Å². The Morgan fingerprint density at radius 2 is 1.93 bits per heavy atom. The van der Waals surface area contributed by atoms with Crippen LogP contribution < -0.4 is 0 Å². The number of carbonyl (C=O) groups excluding carboxylic acids is 1. The minimum absolute atomic E-state index is 0.00621. The average Bonchev–Trinajstić information content (AvgIpc) is 2.67. The summed E-state index contributed by atoms with van der Waals surface area (Å²) in [5.74, 6) is -2.67. The standard InChI is InChI=1S/C20H22ClF2NO4S/c1-2-28-20(25)19-8-3-13(14-9-16(22)11-17(23)10-14)12-24(19)29(26,27)18-6-4-15(21)5-7-18/h4-7,9,11,13-14,19H,2-3,8,10,12H2,1H3/t13-,14?,19-/m1/s1. The summed E-state index contributed by atoms with van der Waals surface area (Å²) in [6.45, 7) is 1.74. The van der Waals surface area contributed by atoms with Crippen LogP contribution in [0.5, 0.6) is 0 Å². The number of hydrogen-bond acceptors (Lipinski definition) is 4. The fraction of sp³-hybridized carbons (Fsp3) is 0.450. The highest BCUT2D eigenvalue weighted by Crippen LogP contribution is 2.38. The first-order chi connectivity index (χ1) is 13.7. The third kappa shape index (κ3) is 4.87. The summed E-state index contributed by atoms with van der Waals surface area (Å²) in [5.41, 5.74) is 0. The van der Waals surface area contributed by atoms with Crippen LogP contribution in [0.2, 0.25) is 5.02 Å². The van der Waals surface area contributed by atoms with Crippen molar-refractivity contribution in [2.24, 2.45) is 11.8 Å². The molecule has 1 aromatic rings. The second-order valence-corrected chi connectivity index (χ2v) is 9.47. The lowest BCUT2D eigenvalue weighted by molar-refractivity contribution is -0.149. The van der Waals surface area contributed by atoms with Gasteiger partial charge in [-0.3, -0.25) is 4.79 Å². The molecule has 158 valence electrons. The van der Waals surface area contributed by atoms with Crippen LogP contribution in [0, 0.1) is 11.8 Å². The van der Waals surface area contributed by atoms with Crippen molar-refractivity contribution in [3.63, 3.8) is 0 Å². The van der Waals surface area contributed by atoms with Crippen LogP contribution in [0.1, 0.15) is 26.2 Å². The number of allylic oxidation sites excluding steroid dienone is 4. The molecule has 1 unspecified atom stereocenters. The van der Waals surface area contributed by atoms with Crippen molar-refractivity contribution in [2.75, 3.05) is 13.2 Å². The highest BCUT2D eigenvalue weighted by molar-refractivity contribution is 7.89. The van der Waals surface area contributed by atoms with Crippen LogP contribution in [0.4, 0.5) is 8.78 Å². The van der Waals surface area contributed by atoms with Gasteiger partial charge in [-0.25, -0.2) is 17.2 Å². The number of sulfonamides is 1. The summed E-state index contributed by atoms with van der Waals surface area (Å²) in [6.07, 6.45) is 2.84. The van der Waals surface area contributed by atoms with Gasteiger partial charge in [-0.1, -0.05) is 11.6 Å². The topological polar surface area (TPSA) is 63.7 Å². The van der Waals surface area contributed by atoms with Crippen molar-refractivity contribution in [1.82, 2.24) is 4.31 Å². The van der Waals surface area contributed by atoms with Crippen LogP contribution in [-0.4, -0.2) is 37.9 Å². The maximum absolute atomic E-state index is 13.7. The van der Waals surface area contributed by atoms with E-state index >= 15 is 0 Å². The van der Waals surface area contributed by atoms with Gasteiger partial charge in [0, 0.05) is 24.1 Å². The molecule has 1 aliphatic carbocycles. The first-order valence-corrected chi connectivity index (χ1v) is 11.2. The number of carbonyl (C=O) groups is 1. The summed E-state index contributed by atoms with van der Waals surface area (Å²) < 4.78 is 60.2. The SMILES string of the molecule is CCOC(=O)[C@H]1CC[C@@H](C2C=C(F)C=C(F)C2)CN1S(=O)(=O)c1ccc(Cl)cc1. The van der Waals surface area contributed by atoms with Gasteiger partial charge in [0.2, 0.25) is 10.0 Å². The highest BCUT2D eigenvalue weighted by Gasteiger charge is 2.43. The Balaban J connectivity index is 1.92. The Morgan fingerprint density at radius 3 is 2.55 bits per heavy atom. The number of rotatable bonds is 5. The first kappa shape index (κ1) is 21.9. The van der Waals surface area contributed by atoms with Gasteiger partial charge in [0.25, 0.3) is 0 Å². The normalized spacial score (nSPS) is 25.9. The molecule has 1 fully saturated rings. The Hall–Kier alpha value is -1.77. The number of benzene rings is 1. The number of ether oxygens (including phenoxy) is 1.